The van der Waals surface area contributed by atoms with Gasteiger partial charge in [0.15, 0.2) is 5.76 Å². The number of aromatic amines is 1. The fraction of sp³-hybridized carbons (Fsp3) is 0.652. The maximum atomic E-state index is 13.3. The van der Waals surface area contributed by atoms with Crippen molar-refractivity contribution in [3.63, 3.8) is 0 Å². The van der Waals surface area contributed by atoms with Gasteiger partial charge in [0, 0.05) is 38.4 Å². The van der Waals surface area contributed by atoms with Gasteiger partial charge in [-0.2, -0.15) is 9.40 Å². The van der Waals surface area contributed by atoms with E-state index in [1.807, 2.05) is 4.90 Å². The fourth-order valence-electron chi connectivity index (χ4n) is 5.48. The van der Waals surface area contributed by atoms with Crippen molar-refractivity contribution in [1.29, 1.82) is 0 Å². The standard InChI is InChI=1S/C23H33N5O4S/c29-23(27-15-9-19(10-16-27)26-12-2-1-3-13-26)18-5-4-14-28(17-18)33(30,31)22-7-6-21(32-22)20-8-11-24-25-20/h6-8,11,18-19H,1-5,9-10,12-17H2,(H,24,25)/t18-/m0/s1. The van der Waals surface area contributed by atoms with Crippen LogP contribution in [-0.2, 0) is 14.8 Å². The Hall–Kier alpha value is -2.17. The monoisotopic (exact) mass is 475 g/mol. The van der Waals surface area contributed by atoms with Crippen LogP contribution in [0.1, 0.15) is 44.9 Å². The largest absolute Gasteiger partial charge is 0.442 e. The Bertz CT molecular complexity index is 1040. The highest BCUT2D eigenvalue weighted by Crippen LogP contribution is 2.29. The second kappa shape index (κ2) is 9.60. The number of carbonyl (C=O) groups excluding carboxylic acids is 1. The summed E-state index contributed by atoms with van der Waals surface area (Å²) in [5.74, 6) is 0.235. The van der Waals surface area contributed by atoms with Crippen molar-refractivity contribution in [2.45, 2.75) is 56.1 Å². The number of nitrogens with one attached hydrogen (secondary N) is 1. The van der Waals surface area contributed by atoms with E-state index in [0.29, 0.717) is 30.5 Å². The average molecular weight is 476 g/mol. The third-order valence-corrected chi connectivity index (χ3v) is 9.10. The molecule has 0 spiro atoms. The van der Waals surface area contributed by atoms with Gasteiger partial charge in [0.25, 0.3) is 10.0 Å². The molecule has 0 radical (unpaired) electrons. The molecule has 9 nitrogen and oxygen atoms in total. The van der Waals surface area contributed by atoms with Crippen molar-refractivity contribution in [2.24, 2.45) is 5.92 Å². The van der Waals surface area contributed by atoms with Crippen LogP contribution in [0.3, 0.4) is 0 Å². The van der Waals surface area contributed by atoms with Crippen molar-refractivity contribution < 1.29 is 17.6 Å². The lowest BCUT2D eigenvalue weighted by Crippen LogP contribution is -2.51. The molecule has 3 aliphatic rings. The summed E-state index contributed by atoms with van der Waals surface area (Å²) in [5, 5.41) is 6.55. The summed E-state index contributed by atoms with van der Waals surface area (Å²) >= 11 is 0. The zero-order chi connectivity index (χ0) is 22.8. The molecule has 1 N–H and O–H groups in total. The van der Waals surface area contributed by atoms with Gasteiger partial charge >= 0.3 is 0 Å². The summed E-state index contributed by atoms with van der Waals surface area (Å²) in [6.45, 7) is 4.53. The number of H-pyrrole nitrogens is 1. The zero-order valence-electron chi connectivity index (χ0n) is 19.0. The molecule has 33 heavy (non-hydrogen) atoms. The average Bonchev–Trinajstić information content (AvgIpc) is 3.57. The van der Waals surface area contributed by atoms with Crippen molar-refractivity contribution in [3.8, 4) is 11.5 Å². The zero-order valence-corrected chi connectivity index (χ0v) is 19.8. The predicted molar refractivity (Wildman–Crippen MR) is 123 cm³/mol. The fourth-order valence-corrected chi connectivity index (χ4v) is 6.91. The maximum Gasteiger partial charge on any atom is 0.276 e. The SMILES string of the molecule is O=C([C@H]1CCCN(S(=O)(=O)c2ccc(-c3ccn[nH]3)o2)C1)N1CCC(N2CCCCC2)CC1. The number of amides is 1. The highest BCUT2D eigenvalue weighted by molar-refractivity contribution is 7.89. The van der Waals surface area contributed by atoms with Crippen molar-refractivity contribution >= 4 is 15.9 Å². The number of nitrogens with zero attached hydrogens (tertiary/aromatic N) is 4. The first-order valence-corrected chi connectivity index (χ1v) is 13.6. The van der Waals surface area contributed by atoms with Crippen LogP contribution in [-0.4, -0.2) is 83.9 Å². The number of likely N-dealkylation sites (tertiary alicyclic amines) is 2. The van der Waals surface area contributed by atoms with E-state index in [1.165, 1.54) is 42.7 Å². The molecule has 2 aromatic rings. The summed E-state index contributed by atoms with van der Waals surface area (Å²) in [6, 6.07) is 5.40. The molecular formula is C23H33N5O4S. The third kappa shape index (κ3) is 4.74. The molecule has 0 bridgehead atoms. The van der Waals surface area contributed by atoms with Crippen LogP contribution in [0.2, 0.25) is 0 Å². The second-order valence-corrected chi connectivity index (χ2v) is 11.3. The lowest BCUT2D eigenvalue weighted by atomic mass is 9.95. The van der Waals surface area contributed by atoms with Gasteiger partial charge in [-0.3, -0.25) is 9.89 Å². The Labute approximate surface area is 195 Å². The smallest absolute Gasteiger partial charge is 0.276 e. The highest BCUT2D eigenvalue weighted by atomic mass is 32.2. The van der Waals surface area contributed by atoms with E-state index in [-0.39, 0.29) is 23.5 Å². The van der Waals surface area contributed by atoms with Crippen LogP contribution in [0.5, 0.6) is 0 Å². The number of furan rings is 1. The molecule has 3 fully saturated rings. The van der Waals surface area contributed by atoms with Gasteiger partial charge in [-0.05, 0) is 69.8 Å². The highest BCUT2D eigenvalue weighted by Gasteiger charge is 2.37. The molecule has 10 heteroatoms. The maximum absolute atomic E-state index is 13.3. The molecule has 0 aliphatic carbocycles. The van der Waals surface area contributed by atoms with Gasteiger partial charge in [0.1, 0.15) is 5.69 Å². The molecule has 0 unspecified atom stereocenters. The quantitative estimate of drug-likeness (QED) is 0.713. The van der Waals surface area contributed by atoms with Crippen LogP contribution in [0, 0.1) is 5.92 Å². The third-order valence-electron chi connectivity index (χ3n) is 7.36. The summed E-state index contributed by atoms with van der Waals surface area (Å²) in [4.78, 5) is 17.8. The van der Waals surface area contributed by atoms with Gasteiger partial charge in [0.2, 0.25) is 11.0 Å². The molecule has 3 saturated heterocycles. The number of rotatable bonds is 5. The van der Waals surface area contributed by atoms with Crippen molar-refractivity contribution in [3.05, 3.63) is 24.4 Å². The lowest BCUT2D eigenvalue weighted by molar-refractivity contribution is -0.138. The van der Waals surface area contributed by atoms with Crippen LogP contribution < -0.4 is 0 Å². The minimum absolute atomic E-state index is 0.0949. The Morgan fingerprint density at radius 1 is 0.970 bits per heavy atom. The molecule has 1 atom stereocenters. The Morgan fingerprint density at radius 2 is 1.76 bits per heavy atom. The molecule has 180 valence electrons. The Kier molecular flexibility index (Phi) is 6.58. The number of hydrogen-bond donors (Lipinski definition) is 1. The van der Waals surface area contributed by atoms with E-state index in [1.54, 1.807) is 18.3 Å². The van der Waals surface area contributed by atoms with Crippen LogP contribution >= 0.6 is 0 Å². The minimum atomic E-state index is -3.80. The number of aromatic nitrogens is 2. The molecule has 5 rings (SSSR count). The first-order chi connectivity index (χ1) is 16.0. The normalized spacial score (nSPS) is 24.2. The summed E-state index contributed by atoms with van der Waals surface area (Å²) in [7, 11) is -3.80. The first kappa shape index (κ1) is 22.6. The lowest BCUT2D eigenvalue weighted by Gasteiger charge is -2.41. The topological polar surface area (TPSA) is 103 Å². The summed E-state index contributed by atoms with van der Waals surface area (Å²) in [6.07, 6.45) is 8.92. The molecule has 5 heterocycles. The van der Waals surface area contributed by atoms with E-state index >= 15 is 0 Å². The molecular weight excluding hydrogens is 442 g/mol. The second-order valence-electron chi connectivity index (χ2n) is 9.44. The van der Waals surface area contributed by atoms with E-state index in [2.05, 4.69) is 15.1 Å². The van der Waals surface area contributed by atoms with Crippen molar-refractivity contribution in [2.75, 3.05) is 39.3 Å². The Morgan fingerprint density at radius 3 is 2.48 bits per heavy atom. The summed E-state index contributed by atoms with van der Waals surface area (Å²) < 4.78 is 33.5. The molecule has 0 saturated carbocycles. The molecule has 2 aromatic heterocycles. The van der Waals surface area contributed by atoms with Gasteiger partial charge in [-0.25, -0.2) is 8.42 Å². The first-order valence-electron chi connectivity index (χ1n) is 12.1. The van der Waals surface area contributed by atoms with E-state index < -0.39 is 10.0 Å². The van der Waals surface area contributed by atoms with Crippen LogP contribution in [0.25, 0.3) is 11.5 Å². The van der Waals surface area contributed by atoms with Gasteiger partial charge in [-0.15, -0.1) is 0 Å². The van der Waals surface area contributed by atoms with E-state index in [0.717, 1.165) is 32.4 Å². The predicted octanol–water partition coefficient (Wildman–Crippen LogP) is 2.55. The van der Waals surface area contributed by atoms with E-state index in [9.17, 15) is 13.2 Å². The minimum Gasteiger partial charge on any atom is -0.442 e. The van der Waals surface area contributed by atoms with Gasteiger partial charge < -0.3 is 14.2 Å². The molecule has 3 aliphatic heterocycles. The van der Waals surface area contributed by atoms with Crippen molar-refractivity contribution in [1.82, 2.24) is 24.3 Å². The molecule has 1 amide bonds. The molecule has 0 aromatic carbocycles. The van der Waals surface area contributed by atoms with E-state index in [4.69, 9.17) is 4.42 Å². The summed E-state index contributed by atoms with van der Waals surface area (Å²) in [5.41, 5.74) is 0.621. The van der Waals surface area contributed by atoms with Crippen LogP contribution in [0.4, 0.5) is 0 Å². The van der Waals surface area contributed by atoms with Gasteiger partial charge in [-0.1, -0.05) is 6.42 Å². The number of piperidine rings is 3. The Balaban J connectivity index is 1.20. The number of sulfonamides is 1. The number of hydrogen-bond acceptors (Lipinski definition) is 6. The number of carbonyl (C=O) groups is 1. The van der Waals surface area contributed by atoms with Gasteiger partial charge in [0.05, 0.1) is 5.92 Å². The van der Waals surface area contributed by atoms with Crippen LogP contribution in [0.15, 0.2) is 33.9 Å².